The largest absolute Gasteiger partial charge is 0.497 e. The van der Waals surface area contributed by atoms with Gasteiger partial charge >= 0.3 is 0 Å². The van der Waals surface area contributed by atoms with Gasteiger partial charge in [0.2, 0.25) is 0 Å². The Balaban J connectivity index is 1.40. The molecule has 2 atom stereocenters. The number of nitrogens with one attached hydrogen (secondary N) is 1. The average Bonchev–Trinajstić information content (AvgIpc) is 2.91. The number of hydrogen-bond donors (Lipinski definition) is 1. The molecule has 0 fully saturated rings. The van der Waals surface area contributed by atoms with E-state index in [9.17, 15) is 13.2 Å². The van der Waals surface area contributed by atoms with Crippen LogP contribution in [0.3, 0.4) is 0 Å². The first-order valence-corrected chi connectivity index (χ1v) is 14.1. The van der Waals surface area contributed by atoms with E-state index in [1.165, 1.54) is 47.5 Å². The van der Waals surface area contributed by atoms with Gasteiger partial charge in [-0.25, -0.2) is 8.42 Å². The number of rotatable bonds is 6. The SMILES string of the molecule is COc1ccc(S(=O)(=O)N2CC(C(=O)NC(C)c3ccc4c(c3)CCCC4)Oc3cc(C)ccc32)cc1. The molecule has 0 saturated carbocycles. The predicted molar refractivity (Wildman–Crippen MR) is 143 cm³/mol. The number of hydrogen-bond acceptors (Lipinski definition) is 5. The molecule has 5 rings (SSSR count). The molecule has 1 heterocycles. The van der Waals surface area contributed by atoms with Crippen LogP contribution in [0.1, 0.15) is 48.1 Å². The van der Waals surface area contributed by atoms with E-state index in [1.807, 2.05) is 19.9 Å². The highest BCUT2D eigenvalue weighted by Crippen LogP contribution is 2.38. The van der Waals surface area contributed by atoms with Gasteiger partial charge in [-0.1, -0.05) is 24.3 Å². The lowest BCUT2D eigenvalue weighted by molar-refractivity contribution is -0.128. The molecule has 0 radical (unpaired) electrons. The zero-order valence-electron chi connectivity index (χ0n) is 21.4. The second kappa shape index (κ2) is 10.1. The van der Waals surface area contributed by atoms with E-state index in [4.69, 9.17) is 9.47 Å². The minimum absolute atomic E-state index is 0.114. The van der Waals surface area contributed by atoms with Crippen LogP contribution in [0.15, 0.2) is 65.6 Å². The zero-order chi connectivity index (χ0) is 26.2. The molecule has 37 heavy (non-hydrogen) atoms. The number of carbonyl (C=O) groups is 1. The molecule has 3 aromatic rings. The monoisotopic (exact) mass is 520 g/mol. The zero-order valence-corrected chi connectivity index (χ0v) is 22.2. The molecule has 0 aromatic heterocycles. The van der Waals surface area contributed by atoms with Crippen LogP contribution in [-0.4, -0.2) is 34.1 Å². The Kier molecular flexibility index (Phi) is 6.86. The van der Waals surface area contributed by atoms with Crippen molar-refractivity contribution in [3.63, 3.8) is 0 Å². The Morgan fingerprint density at radius 1 is 1.03 bits per heavy atom. The Hall–Kier alpha value is -3.52. The number of nitrogens with zero attached hydrogens (tertiary/aromatic N) is 1. The van der Waals surface area contributed by atoms with Crippen molar-refractivity contribution in [1.82, 2.24) is 5.32 Å². The van der Waals surface area contributed by atoms with Crippen molar-refractivity contribution in [3.8, 4) is 11.5 Å². The third-order valence-corrected chi connectivity index (χ3v) is 8.95. The number of sulfonamides is 1. The molecule has 8 heteroatoms. The quantitative estimate of drug-likeness (QED) is 0.509. The van der Waals surface area contributed by atoms with Crippen LogP contribution in [0.4, 0.5) is 5.69 Å². The number of methoxy groups -OCH3 is 1. The molecule has 3 aromatic carbocycles. The highest BCUT2D eigenvalue weighted by molar-refractivity contribution is 7.92. The van der Waals surface area contributed by atoms with Gasteiger partial charge in [0.05, 0.1) is 30.3 Å². The molecular weight excluding hydrogens is 488 g/mol. The van der Waals surface area contributed by atoms with E-state index >= 15 is 0 Å². The molecule has 0 bridgehead atoms. The summed E-state index contributed by atoms with van der Waals surface area (Å²) in [5, 5.41) is 3.04. The number of carbonyl (C=O) groups excluding carboxylic acids is 1. The van der Waals surface area contributed by atoms with Crippen LogP contribution >= 0.6 is 0 Å². The molecule has 1 aliphatic heterocycles. The number of amides is 1. The van der Waals surface area contributed by atoms with Gasteiger partial charge in [-0.3, -0.25) is 9.10 Å². The van der Waals surface area contributed by atoms with Crippen molar-refractivity contribution >= 4 is 21.6 Å². The molecule has 194 valence electrons. The number of benzene rings is 3. The van der Waals surface area contributed by atoms with Gasteiger partial charge in [0.1, 0.15) is 11.5 Å². The Morgan fingerprint density at radius 3 is 2.49 bits per heavy atom. The normalized spacial score (nSPS) is 17.7. The van der Waals surface area contributed by atoms with Crippen LogP contribution < -0.4 is 19.1 Å². The minimum atomic E-state index is -3.95. The van der Waals surface area contributed by atoms with Crippen molar-refractivity contribution in [3.05, 3.63) is 82.9 Å². The van der Waals surface area contributed by atoms with Gasteiger partial charge in [-0.05, 0) is 98.2 Å². The lowest BCUT2D eigenvalue weighted by atomic mass is 9.89. The van der Waals surface area contributed by atoms with Gasteiger partial charge in [0.15, 0.2) is 6.10 Å². The van der Waals surface area contributed by atoms with E-state index in [2.05, 4.69) is 23.5 Å². The summed E-state index contributed by atoms with van der Waals surface area (Å²) >= 11 is 0. The van der Waals surface area contributed by atoms with Crippen LogP contribution in [0.25, 0.3) is 0 Å². The summed E-state index contributed by atoms with van der Waals surface area (Å²) in [6.45, 7) is 3.70. The molecule has 1 N–H and O–H groups in total. The molecule has 1 amide bonds. The standard InChI is InChI=1S/C29H32N2O5S/c1-19-8-15-26-27(16-19)36-28(18-31(26)37(33,34)25-13-11-24(35-3)12-14-25)29(32)30-20(2)22-10-9-21-6-4-5-7-23(21)17-22/h8-17,20,28H,4-7,18H2,1-3H3,(H,30,32). The van der Waals surface area contributed by atoms with Gasteiger partial charge in [-0.2, -0.15) is 0 Å². The fourth-order valence-corrected chi connectivity index (χ4v) is 6.49. The van der Waals surface area contributed by atoms with Crippen molar-refractivity contribution in [2.45, 2.75) is 56.6 Å². The minimum Gasteiger partial charge on any atom is -0.497 e. The summed E-state index contributed by atoms with van der Waals surface area (Å²) in [6.07, 6.45) is 3.56. The lowest BCUT2D eigenvalue weighted by Gasteiger charge is -2.35. The van der Waals surface area contributed by atoms with Crippen molar-refractivity contribution in [1.29, 1.82) is 0 Å². The third-order valence-electron chi connectivity index (χ3n) is 7.16. The molecule has 2 unspecified atom stereocenters. The summed E-state index contributed by atoms with van der Waals surface area (Å²) in [5.41, 5.74) is 5.08. The maximum Gasteiger partial charge on any atom is 0.264 e. The average molecular weight is 521 g/mol. The predicted octanol–water partition coefficient (Wildman–Crippen LogP) is 4.72. The fourth-order valence-electron chi connectivity index (χ4n) is 5.01. The Bertz CT molecular complexity index is 1420. The van der Waals surface area contributed by atoms with Gasteiger partial charge in [-0.15, -0.1) is 0 Å². The van der Waals surface area contributed by atoms with E-state index in [0.717, 1.165) is 24.0 Å². The van der Waals surface area contributed by atoms with Gasteiger partial charge < -0.3 is 14.8 Å². The van der Waals surface area contributed by atoms with Crippen molar-refractivity contribution in [2.24, 2.45) is 0 Å². The second-order valence-corrected chi connectivity index (χ2v) is 11.6. The van der Waals surface area contributed by atoms with E-state index in [-0.39, 0.29) is 23.4 Å². The molecule has 0 spiro atoms. The number of aryl methyl sites for hydroxylation is 3. The summed E-state index contributed by atoms with van der Waals surface area (Å²) in [7, 11) is -2.43. The molecule has 0 saturated heterocycles. The third kappa shape index (κ3) is 5.03. The van der Waals surface area contributed by atoms with Crippen molar-refractivity contribution < 1.29 is 22.7 Å². The summed E-state index contributed by atoms with van der Waals surface area (Å²) in [4.78, 5) is 13.5. The van der Waals surface area contributed by atoms with Crippen molar-refractivity contribution in [2.75, 3.05) is 18.0 Å². The summed E-state index contributed by atoms with van der Waals surface area (Å²) in [5.74, 6) is 0.572. The maximum absolute atomic E-state index is 13.7. The first-order valence-electron chi connectivity index (χ1n) is 12.6. The topological polar surface area (TPSA) is 84.9 Å². The van der Waals surface area contributed by atoms with Crippen LogP contribution in [0.2, 0.25) is 0 Å². The number of ether oxygens (including phenoxy) is 2. The molecular formula is C29H32N2O5S. The highest BCUT2D eigenvalue weighted by atomic mass is 32.2. The first-order chi connectivity index (χ1) is 17.8. The first kappa shape index (κ1) is 25.1. The van der Waals surface area contributed by atoms with Crippen LogP contribution in [-0.2, 0) is 27.7 Å². The van der Waals surface area contributed by atoms with E-state index in [0.29, 0.717) is 17.2 Å². The highest BCUT2D eigenvalue weighted by Gasteiger charge is 2.38. The number of anilines is 1. The second-order valence-electron chi connectivity index (χ2n) is 9.75. The molecule has 2 aliphatic rings. The molecule has 1 aliphatic carbocycles. The van der Waals surface area contributed by atoms with Crippen LogP contribution in [0.5, 0.6) is 11.5 Å². The van der Waals surface area contributed by atoms with E-state index < -0.39 is 16.1 Å². The Labute approximate surface area is 218 Å². The molecule has 7 nitrogen and oxygen atoms in total. The van der Waals surface area contributed by atoms with E-state index in [1.54, 1.807) is 24.3 Å². The van der Waals surface area contributed by atoms with Gasteiger partial charge in [0, 0.05) is 0 Å². The smallest absolute Gasteiger partial charge is 0.264 e. The summed E-state index contributed by atoms with van der Waals surface area (Å²) in [6, 6.07) is 17.7. The maximum atomic E-state index is 13.7. The Morgan fingerprint density at radius 2 is 1.76 bits per heavy atom. The number of fused-ring (bicyclic) bond motifs is 2. The van der Waals surface area contributed by atoms with Gasteiger partial charge in [0.25, 0.3) is 15.9 Å². The van der Waals surface area contributed by atoms with Crippen LogP contribution in [0, 0.1) is 6.92 Å². The fraction of sp³-hybridized carbons (Fsp3) is 0.345. The summed E-state index contributed by atoms with van der Waals surface area (Å²) < 4.78 is 39.9. The lowest BCUT2D eigenvalue weighted by Crippen LogP contribution is -2.51.